The van der Waals surface area contributed by atoms with Gasteiger partial charge in [-0.25, -0.2) is 4.98 Å². The number of nitrogens with one attached hydrogen (secondary N) is 2. The molecule has 0 spiro atoms. The number of aliphatic hydroxyl groups excluding tert-OH is 1. The van der Waals surface area contributed by atoms with Crippen molar-refractivity contribution < 1.29 is 14.6 Å². The van der Waals surface area contributed by atoms with Crippen LogP contribution in [-0.4, -0.2) is 33.7 Å². The summed E-state index contributed by atoms with van der Waals surface area (Å²) in [6, 6.07) is 5.64. The number of benzene rings is 1. The third kappa shape index (κ3) is 3.02. The normalized spacial score (nSPS) is 22.4. The van der Waals surface area contributed by atoms with Crippen LogP contribution < -0.4 is 15.6 Å². The quantitative estimate of drug-likeness (QED) is 0.768. The number of aromatic amines is 1. The van der Waals surface area contributed by atoms with E-state index in [9.17, 15) is 14.7 Å². The zero-order chi connectivity index (χ0) is 17.4. The first-order valence-electron chi connectivity index (χ1n) is 8.39. The van der Waals surface area contributed by atoms with Gasteiger partial charge in [0, 0.05) is 12.6 Å². The lowest BCUT2D eigenvalue weighted by Gasteiger charge is -2.38. The third-order valence-electron chi connectivity index (χ3n) is 4.94. The van der Waals surface area contributed by atoms with E-state index in [-0.39, 0.29) is 23.6 Å². The average molecular weight is 341 g/mol. The van der Waals surface area contributed by atoms with E-state index in [0.717, 1.165) is 23.3 Å². The van der Waals surface area contributed by atoms with Crippen LogP contribution in [-0.2, 0) is 6.42 Å². The molecule has 7 heteroatoms. The molecular weight excluding hydrogens is 322 g/mol. The Hall–Kier alpha value is -2.67. The highest BCUT2D eigenvalue weighted by atomic mass is 16.5. The number of H-pyrrole nitrogens is 1. The van der Waals surface area contributed by atoms with Crippen molar-refractivity contribution in [2.75, 3.05) is 6.61 Å². The minimum atomic E-state index is -0.470. The van der Waals surface area contributed by atoms with E-state index in [1.54, 1.807) is 0 Å². The summed E-state index contributed by atoms with van der Waals surface area (Å²) in [5.74, 6) is 0.554. The van der Waals surface area contributed by atoms with Gasteiger partial charge in [-0.3, -0.25) is 9.59 Å². The Kier molecular flexibility index (Phi) is 4.01. The number of aromatic nitrogens is 2. The van der Waals surface area contributed by atoms with Gasteiger partial charge in [0.05, 0.1) is 25.1 Å². The van der Waals surface area contributed by atoms with Gasteiger partial charge in [-0.1, -0.05) is 6.07 Å². The highest BCUT2D eigenvalue weighted by Gasteiger charge is 2.36. The predicted octanol–water partition coefficient (Wildman–Crippen LogP) is 0.947. The molecule has 1 atom stereocenters. The minimum absolute atomic E-state index is 0.0168. The van der Waals surface area contributed by atoms with E-state index in [4.69, 9.17) is 4.74 Å². The molecule has 130 valence electrons. The first kappa shape index (κ1) is 15.8. The maximum Gasteiger partial charge on any atom is 0.263 e. The molecule has 0 saturated heterocycles. The van der Waals surface area contributed by atoms with Crippen LogP contribution in [0.25, 0.3) is 0 Å². The van der Waals surface area contributed by atoms with Crippen molar-refractivity contribution in [1.82, 2.24) is 15.3 Å². The number of rotatable bonds is 4. The second-order valence-electron chi connectivity index (χ2n) is 6.60. The van der Waals surface area contributed by atoms with Crippen LogP contribution in [0, 0.1) is 5.92 Å². The fraction of sp³-hybridized carbons (Fsp3) is 0.389. The molecule has 2 heterocycles. The Balaban J connectivity index is 1.62. The summed E-state index contributed by atoms with van der Waals surface area (Å²) in [5.41, 5.74) is 1.60. The molecule has 3 N–H and O–H groups in total. The molecule has 25 heavy (non-hydrogen) atoms. The van der Waals surface area contributed by atoms with E-state index < -0.39 is 11.5 Å². The fourth-order valence-corrected chi connectivity index (χ4v) is 3.50. The standard InChI is InChI=1S/C18H19N3O4/c22-13-6-12(7-13)16(11-1-2-15-10(5-11)3-4-25-15)21-18(24)14-8-19-9-20-17(14)23/h1-2,5,8-9,12-13,16,22H,3-4,6-7H2,(H,21,24)(H,19,20,23)/t12?,13?,16-/m0/s1. The maximum atomic E-state index is 12.6. The highest BCUT2D eigenvalue weighted by Crippen LogP contribution is 2.39. The maximum absolute atomic E-state index is 12.6. The topological polar surface area (TPSA) is 104 Å². The van der Waals surface area contributed by atoms with E-state index in [1.807, 2.05) is 18.2 Å². The van der Waals surface area contributed by atoms with Gasteiger partial charge in [0.15, 0.2) is 0 Å². The molecule has 1 aliphatic heterocycles. The van der Waals surface area contributed by atoms with E-state index in [0.29, 0.717) is 19.4 Å². The van der Waals surface area contributed by atoms with Crippen molar-refractivity contribution in [2.24, 2.45) is 5.92 Å². The largest absolute Gasteiger partial charge is 0.493 e. The number of carbonyl (C=O) groups excluding carboxylic acids is 1. The molecule has 0 bridgehead atoms. The Morgan fingerprint density at radius 2 is 2.24 bits per heavy atom. The Labute approximate surface area is 144 Å². The number of hydrogen-bond donors (Lipinski definition) is 3. The zero-order valence-corrected chi connectivity index (χ0v) is 13.6. The number of ether oxygens (including phenoxy) is 1. The summed E-state index contributed by atoms with van der Waals surface area (Å²) in [6.07, 6.45) is 4.28. The first-order valence-corrected chi connectivity index (χ1v) is 8.39. The molecule has 1 fully saturated rings. The smallest absolute Gasteiger partial charge is 0.263 e. The lowest BCUT2D eigenvalue weighted by Crippen LogP contribution is -2.42. The summed E-state index contributed by atoms with van der Waals surface area (Å²) in [5, 5.41) is 12.6. The first-order chi connectivity index (χ1) is 12.1. The number of carbonyl (C=O) groups is 1. The lowest BCUT2D eigenvalue weighted by atomic mass is 9.74. The summed E-state index contributed by atoms with van der Waals surface area (Å²) in [6.45, 7) is 0.670. The molecule has 0 unspecified atom stereocenters. The summed E-state index contributed by atoms with van der Waals surface area (Å²) in [7, 11) is 0. The molecule has 7 nitrogen and oxygen atoms in total. The molecule has 1 aromatic carbocycles. The predicted molar refractivity (Wildman–Crippen MR) is 89.4 cm³/mol. The van der Waals surface area contributed by atoms with Crippen LogP contribution >= 0.6 is 0 Å². The summed E-state index contributed by atoms with van der Waals surface area (Å²) in [4.78, 5) is 30.6. The summed E-state index contributed by atoms with van der Waals surface area (Å²) < 4.78 is 5.54. The molecular formula is C18H19N3O4. The average Bonchev–Trinajstić information content (AvgIpc) is 3.05. The van der Waals surface area contributed by atoms with E-state index in [2.05, 4.69) is 15.3 Å². The van der Waals surface area contributed by atoms with Gasteiger partial charge in [-0.2, -0.15) is 0 Å². The second kappa shape index (κ2) is 6.33. The molecule has 2 aromatic rings. The SMILES string of the molecule is O=C(N[C@@H](c1ccc2c(c1)CCO2)C1CC(O)C1)c1cnc[nH]c1=O. The van der Waals surface area contributed by atoms with Crippen molar-refractivity contribution in [3.8, 4) is 5.75 Å². The van der Waals surface area contributed by atoms with E-state index in [1.165, 1.54) is 12.5 Å². The molecule has 1 aromatic heterocycles. The van der Waals surface area contributed by atoms with Gasteiger partial charge in [0.2, 0.25) is 0 Å². The molecule has 1 saturated carbocycles. The van der Waals surface area contributed by atoms with Crippen LogP contribution in [0.3, 0.4) is 0 Å². The number of nitrogens with zero attached hydrogens (tertiary/aromatic N) is 1. The van der Waals surface area contributed by atoms with Crippen molar-refractivity contribution >= 4 is 5.91 Å². The number of fused-ring (bicyclic) bond motifs is 1. The van der Waals surface area contributed by atoms with Crippen LogP contribution in [0.5, 0.6) is 5.75 Å². The van der Waals surface area contributed by atoms with E-state index >= 15 is 0 Å². The Morgan fingerprint density at radius 1 is 1.40 bits per heavy atom. The van der Waals surface area contributed by atoms with Gasteiger partial charge in [0.1, 0.15) is 11.3 Å². The van der Waals surface area contributed by atoms with Gasteiger partial charge < -0.3 is 20.1 Å². The van der Waals surface area contributed by atoms with Crippen LogP contribution in [0.15, 0.2) is 35.5 Å². The van der Waals surface area contributed by atoms with Gasteiger partial charge in [0.25, 0.3) is 11.5 Å². The second-order valence-corrected chi connectivity index (χ2v) is 6.60. The van der Waals surface area contributed by atoms with Crippen molar-refractivity contribution in [3.63, 3.8) is 0 Å². The van der Waals surface area contributed by atoms with Crippen LogP contribution in [0.1, 0.15) is 40.4 Å². The Bertz CT molecular complexity index is 857. The summed E-state index contributed by atoms with van der Waals surface area (Å²) >= 11 is 0. The van der Waals surface area contributed by atoms with Crippen LogP contribution in [0.4, 0.5) is 0 Å². The zero-order valence-electron chi connectivity index (χ0n) is 13.6. The molecule has 2 aliphatic rings. The Morgan fingerprint density at radius 3 is 3.00 bits per heavy atom. The molecule has 0 radical (unpaired) electrons. The number of amides is 1. The van der Waals surface area contributed by atoms with Gasteiger partial charge in [-0.05, 0) is 42.0 Å². The molecule has 1 aliphatic carbocycles. The minimum Gasteiger partial charge on any atom is -0.493 e. The lowest BCUT2D eigenvalue weighted by molar-refractivity contribution is 0.0235. The number of hydrogen-bond acceptors (Lipinski definition) is 5. The third-order valence-corrected chi connectivity index (χ3v) is 4.94. The highest BCUT2D eigenvalue weighted by molar-refractivity contribution is 5.93. The molecule has 1 amide bonds. The van der Waals surface area contributed by atoms with Crippen molar-refractivity contribution in [3.05, 3.63) is 57.8 Å². The fourth-order valence-electron chi connectivity index (χ4n) is 3.50. The number of aliphatic hydroxyl groups is 1. The van der Waals surface area contributed by atoms with Crippen molar-refractivity contribution in [2.45, 2.75) is 31.4 Å². The van der Waals surface area contributed by atoms with Gasteiger partial charge >= 0.3 is 0 Å². The van der Waals surface area contributed by atoms with Crippen molar-refractivity contribution in [1.29, 1.82) is 0 Å². The van der Waals surface area contributed by atoms with Crippen LogP contribution in [0.2, 0.25) is 0 Å². The molecule has 4 rings (SSSR count). The monoisotopic (exact) mass is 341 g/mol. The van der Waals surface area contributed by atoms with Gasteiger partial charge in [-0.15, -0.1) is 0 Å².